The summed E-state index contributed by atoms with van der Waals surface area (Å²) in [6.07, 6.45) is -0.586. The van der Waals surface area contributed by atoms with E-state index in [9.17, 15) is 9.59 Å². The second-order valence-corrected chi connectivity index (χ2v) is 5.06. The molecule has 0 unspecified atom stereocenters. The topological polar surface area (TPSA) is 53.2 Å². The van der Waals surface area contributed by atoms with Crippen molar-refractivity contribution in [2.24, 2.45) is 0 Å². The predicted molar refractivity (Wildman–Crippen MR) is 91.9 cm³/mol. The Labute approximate surface area is 139 Å². The van der Waals surface area contributed by atoms with E-state index in [1.165, 1.54) is 9.36 Å². The molecule has 0 N–H and O–H groups in total. The van der Waals surface area contributed by atoms with Gasteiger partial charge in [-0.05, 0) is 31.2 Å². The van der Waals surface area contributed by atoms with Crippen molar-refractivity contribution in [3.05, 3.63) is 70.5 Å². The highest BCUT2D eigenvalue weighted by Gasteiger charge is 2.18. The van der Waals surface area contributed by atoms with E-state index >= 15 is 0 Å². The first kappa shape index (κ1) is 15.6. The molecule has 0 bridgehead atoms. The van der Waals surface area contributed by atoms with Crippen LogP contribution >= 0.6 is 0 Å². The van der Waals surface area contributed by atoms with Gasteiger partial charge in [-0.25, -0.2) is 9.48 Å². The van der Waals surface area contributed by atoms with Crippen molar-refractivity contribution in [2.45, 2.75) is 13.5 Å². The number of ether oxygens (including phenoxy) is 1. The summed E-state index contributed by atoms with van der Waals surface area (Å²) >= 11 is 0. The quantitative estimate of drug-likeness (QED) is 0.682. The molecule has 1 heterocycles. The molecule has 0 saturated heterocycles. The van der Waals surface area contributed by atoms with Crippen LogP contribution in [0.2, 0.25) is 0 Å². The maximum Gasteiger partial charge on any atom is 0.433 e. The third-order valence-corrected chi connectivity index (χ3v) is 3.51. The summed E-state index contributed by atoms with van der Waals surface area (Å²) in [5.74, 6) is 5.93. The van der Waals surface area contributed by atoms with Gasteiger partial charge in [0.05, 0.1) is 17.5 Å². The first-order valence-corrected chi connectivity index (χ1v) is 7.64. The van der Waals surface area contributed by atoms with Gasteiger partial charge in [-0.1, -0.05) is 42.2 Å². The molecule has 0 aliphatic rings. The molecule has 0 aliphatic heterocycles. The highest BCUT2D eigenvalue weighted by atomic mass is 16.6. The lowest BCUT2D eigenvalue weighted by molar-refractivity contribution is 0.147. The fourth-order valence-corrected chi connectivity index (χ4v) is 2.46. The van der Waals surface area contributed by atoms with Gasteiger partial charge in [0, 0.05) is 5.56 Å². The fourth-order valence-electron chi connectivity index (χ4n) is 2.46. The molecule has 3 rings (SSSR count). The number of carbonyl (C=O) groups excluding carboxylic acids is 1. The zero-order chi connectivity index (χ0) is 16.9. The van der Waals surface area contributed by atoms with Gasteiger partial charge in [-0.3, -0.25) is 4.79 Å². The van der Waals surface area contributed by atoms with E-state index in [1.54, 1.807) is 31.2 Å². The van der Waals surface area contributed by atoms with Gasteiger partial charge in [0.25, 0.3) is 5.56 Å². The molecule has 0 spiro atoms. The van der Waals surface area contributed by atoms with Crippen LogP contribution in [0.25, 0.3) is 10.9 Å². The number of fused-ring (bicyclic) bond motifs is 1. The highest BCUT2D eigenvalue weighted by Crippen LogP contribution is 2.11. The van der Waals surface area contributed by atoms with Crippen molar-refractivity contribution in [1.82, 2.24) is 9.36 Å². The monoisotopic (exact) mass is 320 g/mol. The lowest BCUT2D eigenvalue weighted by atomic mass is 10.2. The molecule has 3 aromatic rings. The van der Waals surface area contributed by atoms with Crippen LogP contribution in [0.3, 0.4) is 0 Å². The molecule has 2 aromatic carbocycles. The van der Waals surface area contributed by atoms with E-state index < -0.39 is 6.09 Å². The second kappa shape index (κ2) is 6.88. The molecule has 0 saturated carbocycles. The minimum Gasteiger partial charge on any atom is -0.448 e. The summed E-state index contributed by atoms with van der Waals surface area (Å²) in [5, 5.41) is 0.465. The smallest absolute Gasteiger partial charge is 0.433 e. The average molecular weight is 320 g/mol. The third kappa shape index (κ3) is 2.95. The maximum absolute atomic E-state index is 12.6. The number of benzene rings is 2. The largest absolute Gasteiger partial charge is 0.448 e. The van der Waals surface area contributed by atoms with E-state index in [-0.39, 0.29) is 18.7 Å². The number of rotatable bonds is 2. The van der Waals surface area contributed by atoms with Gasteiger partial charge in [-0.2, -0.15) is 4.68 Å². The van der Waals surface area contributed by atoms with Crippen LogP contribution in [0.4, 0.5) is 4.79 Å². The number of aromatic nitrogens is 2. The van der Waals surface area contributed by atoms with Crippen molar-refractivity contribution in [2.75, 3.05) is 6.61 Å². The molecule has 5 nitrogen and oxygen atoms in total. The first-order chi connectivity index (χ1) is 11.7. The molecular weight excluding hydrogens is 304 g/mol. The van der Waals surface area contributed by atoms with E-state index in [4.69, 9.17) is 4.74 Å². The Kier molecular flexibility index (Phi) is 4.48. The molecule has 120 valence electrons. The number of hydrogen-bond acceptors (Lipinski definition) is 3. The van der Waals surface area contributed by atoms with E-state index in [1.807, 2.05) is 30.3 Å². The van der Waals surface area contributed by atoms with Gasteiger partial charge in [0.1, 0.15) is 6.54 Å². The number of para-hydroxylation sites is 1. The Hall–Kier alpha value is -3.26. The van der Waals surface area contributed by atoms with Crippen LogP contribution in [0, 0.1) is 11.8 Å². The predicted octanol–water partition coefficient (Wildman–Crippen LogP) is 2.86. The third-order valence-electron chi connectivity index (χ3n) is 3.51. The zero-order valence-corrected chi connectivity index (χ0v) is 13.2. The summed E-state index contributed by atoms with van der Waals surface area (Å²) in [4.78, 5) is 24.8. The summed E-state index contributed by atoms with van der Waals surface area (Å²) in [7, 11) is 0. The van der Waals surface area contributed by atoms with E-state index in [2.05, 4.69) is 11.8 Å². The van der Waals surface area contributed by atoms with Gasteiger partial charge in [0.15, 0.2) is 0 Å². The summed E-state index contributed by atoms with van der Waals surface area (Å²) in [6, 6.07) is 16.4. The Balaban J connectivity index is 2.05. The molecule has 0 amide bonds. The minimum absolute atomic E-state index is 0.0984. The number of nitrogens with zero attached hydrogens (tertiary/aromatic N) is 2. The molecule has 1 aromatic heterocycles. The molecule has 5 heteroatoms. The fraction of sp³-hybridized carbons (Fsp3) is 0.158. The highest BCUT2D eigenvalue weighted by molar-refractivity contribution is 5.87. The average Bonchev–Trinajstić information content (AvgIpc) is 2.89. The number of hydrogen-bond donors (Lipinski definition) is 0. The molecule has 0 aliphatic carbocycles. The summed E-state index contributed by atoms with van der Waals surface area (Å²) in [6.45, 7) is 2.05. The van der Waals surface area contributed by atoms with Crippen LogP contribution in [-0.4, -0.2) is 22.1 Å². The van der Waals surface area contributed by atoms with Crippen molar-refractivity contribution < 1.29 is 9.53 Å². The van der Waals surface area contributed by atoms with E-state index in [0.29, 0.717) is 10.9 Å². The molecule has 0 fully saturated rings. The molecule has 0 radical (unpaired) electrons. The van der Waals surface area contributed by atoms with Gasteiger partial charge in [-0.15, -0.1) is 0 Å². The minimum atomic E-state index is -0.586. The lowest BCUT2D eigenvalue weighted by Gasteiger charge is -2.08. The maximum atomic E-state index is 12.6. The van der Waals surface area contributed by atoms with Crippen molar-refractivity contribution >= 4 is 17.0 Å². The first-order valence-electron chi connectivity index (χ1n) is 7.64. The van der Waals surface area contributed by atoms with Crippen LogP contribution in [0.5, 0.6) is 0 Å². The standard InChI is InChI=1S/C19H16N2O3/c1-2-24-19(23)21-17-13-7-6-12-16(17)18(22)20(21)14-8-11-15-9-4-3-5-10-15/h3-7,9-10,12-13H,2,14H2,1H3. The summed E-state index contributed by atoms with van der Waals surface area (Å²) in [5.41, 5.74) is 1.10. The normalized spacial score (nSPS) is 10.2. The van der Waals surface area contributed by atoms with Crippen molar-refractivity contribution in [3.63, 3.8) is 0 Å². The van der Waals surface area contributed by atoms with Crippen LogP contribution in [-0.2, 0) is 11.3 Å². The van der Waals surface area contributed by atoms with Crippen LogP contribution in [0.15, 0.2) is 59.4 Å². The van der Waals surface area contributed by atoms with Gasteiger partial charge in [0.2, 0.25) is 0 Å². The SMILES string of the molecule is CCOC(=O)n1c2ccccc2c(=O)n1CC#Cc1ccccc1. The van der Waals surface area contributed by atoms with Crippen LogP contribution < -0.4 is 5.56 Å². The molecule has 0 atom stereocenters. The van der Waals surface area contributed by atoms with Gasteiger partial charge >= 0.3 is 6.09 Å². The molecule has 24 heavy (non-hydrogen) atoms. The Morgan fingerprint density at radius 1 is 1.08 bits per heavy atom. The Morgan fingerprint density at radius 2 is 1.79 bits per heavy atom. The van der Waals surface area contributed by atoms with Crippen LogP contribution in [0.1, 0.15) is 12.5 Å². The van der Waals surface area contributed by atoms with Crippen molar-refractivity contribution in [1.29, 1.82) is 0 Å². The second-order valence-electron chi connectivity index (χ2n) is 5.06. The Bertz CT molecular complexity index is 988. The number of carbonyl (C=O) groups is 1. The zero-order valence-electron chi connectivity index (χ0n) is 13.2. The molecular formula is C19H16N2O3. The lowest BCUT2D eigenvalue weighted by Crippen LogP contribution is -2.28. The summed E-state index contributed by atoms with van der Waals surface area (Å²) < 4.78 is 7.63. The van der Waals surface area contributed by atoms with Gasteiger partial charge < -0.3 is 4.74 Å². The van der Waals surface area contributed by atoms with Crippen molar-refractivity contribution in [3.8, 4) is 11.8 Å². The van der Waals surface area contributed by atoms with E-state index in [0.717, 1.165) is 5.56 Å². The Morgan fingerprint density at radius 3 is 2.54 bits per heavy atom.